The van der Waals surface area contributed by atoms with Crippen LogP contribution >= 0.6 is 0 Å². The van der Waals surface area contributed by atoms with E-state index in [1.54, 1.807) is 0 Å². The Labute approximate surface area is 106 Å². The summed E-state index contributed by atoms with van der Waals surface area (Å²) in [6, 6.07) is -0.00468. The van der Waals surface area contributed by atoms with Crippen molar-refractivity contribution in [2.75, 3.05) is 19.6 Å². The van der Waals surface area contributed by atoms with E-state index >= 15 is 0 Å². The number of carbonyl (C=O) groups is 1. The molecule has 0 aromatic rings. The van der Waals surface area contributed by atoms with Crippen LogP contribution in [0.1, 0.15) is 47.5 Å². The fourth-order valence-corrected chi connectivity index (χ4v) is 2.63. The Morgan fingerprint density at radius 3 is 2.59 bits per heavy atom. The number of amides is 1. The summed E-state index contributed by atoms with van der Waals surface area (Å²) in [6.07, 6.45) is 2.31. The first-order valence-electron chi connectivity index (χ1n) is 6.90. The van der Waals surface area contributed by atoms with Crippen molar-refractivity contribution >= 4 is 5.91 Å². The molecule has 0 saturated carbocycles. The molecule has 3 nitrogen and oxygen atoms in total. The van der Waals surface area contributed by atoms with E-state index in [2.05, 4.69) is 39.9 Å². The molecule has 1 unspecified atom stereocenters. The fraction of sp³-hybridized carbons (Fsp3) is 0.929. The lowest BCUT2D eigenvalue weighted by Crippen LogP contribution is -2.57. The first-order chi connectivity index (χ1) is 7.88. The average molecular weight is 240 g/mol. The highest BCUT2D eigenvalue weighted by Gasteiger charge is 2.38. The molecule has 1 rings (SSSR count). The maximum atomic E-state index is 12.5. The van der Waals surface area contributed by atoms with Crippen molar-refractivity contribution in [3.05, 3.63) is 0 Å². The third-order valence-corrected chi connectivity index (χ3v) is 3.65. The second-order valence-corrected chi connectivity index (χ2v) is 6.25. The minimum absolute atomic E-state index is 0.00468. The molecule has 1 N–H and O–H groups in total. The van der Waals surface area contributed by atoms with E-state index in [1.807, 2.05) is 4.90 Å². The van der Waals surface area contributed by atoms with Gasteiger partial charge in [0, 0.05) is 13.1 Å². The highest BCUT2D eigenvalue weighted by atomic mass is 16.2. The molecule has 100 valence electrons. The van der Waals surface area contributed by atoms with Crippen molar-refractivity contribution in [3.8, 4) is 0 Å². The summed E-state index contributed by atoms with van der Waals surface area (Å²) in [6.45, 7) is 13.4. The maximum absolute atomic E-state index is 12.5. The normalized spacial score (nSPS) is 23.8. The summed E-state index contributed by atoms with van der Waals surface area (Å²) in [4.78, 5) is 14.5. The quantitative estimate of drug-likeness (QED) is 0.817. The van der Waals surface area contributed by atoms with Crippen LogP contribution in [0.25, 0.3) is 0 Å². The molecule has 0 bridgehead atoms. The number of carbonyl (C=O) groups excluding carboxylic acids is 1. The fourth-order valence-electron chi connectivity index (χ4n) is 2.63. The lowest BCUT2D eigenvalue weighted by atomic mass is 9.77. The van der Waals surface area contributed by atoms with Crippen LogP contribution in [0.3, 0.4) is 0 Å². The number of rotatable bonds is 4. The van der Waals surface area contributed by atoms with Crippen molar-refractivity contribution < 1.29 is 4.79 Å². The minimum atomic E-state index is -0.00468. The van der Waals surface area contributed by atoms with Crippen LogP contribution in [0.15, 0.2) is 0 Å². The van der Waals surface area contributed by atoms with Crippen molar-refractivity contribution in [1.82, 2.24) is 10.2 Å². The number of nitrogens with one attached hydrogen (secondary N) is 1. The van der Waals surface area contributed by atoms with Crippen LogP contribution in [-0.4, -0.2) is 36.5 Å². The smallest absolute Gasteiger partial charge is 0.240 e. The van der Waals surface area contributed by atoms with E-state index in [-0.39, 0.29) is 17.4 Å². The molecule has 17 heavy (non-hydrogen) atoms. The van der Waals surface area contributed by atoms with Gasteiger partial charge in [0.25, 0.3) is 0 Å². The lowest BCUT2D eigenvalue weighted by molar-refractivity contribution is -0.137. The standard InChI is InChI=1S/C14H28N2O/c1-6-16(10-11(2)3)13(17)12-14(4,5)8-7-9-15-12/h11-12,15H,6-10H2,1-5H3. The Morgan fingerprint density at radius 2 is 2.12 bits per heavy atom. The van der Waals surface area contributed by atoms with Crippen LogP contribution in [-0.2, 0) is 4.79 Å². The van der Waals surface area contributed by atoms with E-state index in [4.69, 9.17) is 0 Å². The van der Waals surface area contributed by atoms with Gasteiger partial charge in [-0.15, -0.1) is 0 Å². The molecular formula is C14H28N2O. The third-order valence-electron chi connectivity index (χ3n) is 3.65. The van der Waals surface area contributed by atoms with Gasteiger partial charge >= 0.3 is 0 Å². The van der Waals surface area contributed by atoms with Crippen LogP contribution in [0.2, 0.25) is 0 Å². The Bertz CT molecular complexity index is 261. The number of piperidine rings is 1. The van der Waals surface area contributed by atoms with Gasteiger partial charge in [0.15, 0.2) is 0 Å². The molecule has 1 saturated heterocycles. The molecule has 0 radical (unpaired) electrons. The number of hydrogen-bond acceptors (Lipinski definition) is 2. The van der Waals surface area contributed by atoms with Gasteiger partial charge in [0.2, 0.25) is 5.91 Å². The topological polar surface area (TPSA) is 32.3 Å². The highest BCUT2D eigenvalue weighted by Crippen LogP contribution is 2.31. The van der Waals surface area contributed by atoms with Crippen molar-refractivity contribution in [1.29, 1.82) is 0 Å². The van der Waals surface area contributed by atoms with Gasteiger partial charge in [-0.3, -0.25) is 4.79 Å². The molecule has 1 heterocycles. The van der Waals surface area contributed by atoms with Gasteiger partial charge < -0.3 is 10.2 Å². The molecule has 1 aliphatic rings. The molecule has 1 atom stereocenters. The van der Waals surface area contributed by atoms with E-state index in [0.717, 1.165) is 26.1 Å². The zero-order chi connectivity index (χ0) is 13.1. The molecule has 0 spiro atoms. The second-order valence-electron chi connectivity index (χ2n) is 6.25. The maximum Gasteiger partial charge on any atom is 0.240 e. The molecule has 1 aliphatic heterocycles. The van der Waals surface area contributed by atoms with Crippen LogP contribution in [0, 0.1) is 11.3 Å². The van der Waals surface area contributed by atoms with Crippen LogP contribution in [0.5, 0.6) is 0 Å². The summed E-state index contributed by atoms with van der Waals surface area (Å²) >= 11 is 0. The molecule has 0 aromatic heterocycles. The van der Waals surface area contributed by atoms with E-state index in [9.17, 15) is 4.79 Å². The molecule has 0 aliphatic carbocycles. The van der Waals surface area contributed by atoms with Gasteiger partial charge in [0.1, 0.15) is 0 Å². The van der Waals surface area contributed by atoms with Gasteiger partial charge in [-0.05, 0) is 37.6 Å². The number of hydrogen-bond donors (Lipinski definition) is 1. The van der Waals surface area contributed by atoms with Crippen molar-refractivity contribution in [3.63, 3.8) is 0 Å². The average Bonchev–Trinajstić information content (AvgIpc) is 2.24. The predicted octanol–water partition coefficient (Wildman–Crippen LogP) is 2.27. The summed E-state index contributed by atoms with van der Waals surface area (Å²) in [7, 11) is 0. The van der Waals surface area contributed by atoms with E-state index < -0.39 is 0 Å². The second kappa shape index (κ2) is 5.85. The van der Waals surface area contributed by atoms with Gasteiger partial charge in [-0.25, -0.2) is 0 Å². The summed E-state index contributed by atoms with van der Waals surface area (Å²) in [5.74, 6) is 0.816. The zero-order valence-corrected chi connectivity index (χ0v) is 12.0. The van der Waals surface area contributed by atoms with Crippen molar-refractivity contribution in [2.24, 2.45) is 11.3 Å². The summed E-state index contributed by atoms with van der Waals surface area (Å²) < 4.78 is 0. The summed E-state index contributed by atoms with van der Waals surface area (Å²) in [5.41, 5.74) is 0.0831. The van der Waals surface area contributed by atoms with E-state index in [0.29, 0.717) is 5.92 Å². The predicted molar refractivity (Wildman–Crippen MR) is 71.9 cm³/mol. The molecular weight excluding hydrogens is 212 g/mol. The monoisotopic (exact) mass is 240 g/mol. The van der Waals surface area contributed by atoms with Crippen molar-refractivity contribution in [2.45, 2.75) is 53.5 Å². The Hall–Kier alpha value is -0.570. The first kappa shape index (κ1) is 14.5. The Morgan fingerprint density at radius 1 is 1.47 bits per heavy atom. The van der Waals surface area contributed by atoms with Gasteiger partial charge in [-0.1, -0.05) is 27.7 Å². The SMILES string of the molecule is CCN(CC(C)C)C(=O)C1NCCCC1(C)C. The minimum Gasteiger partial charge on any atom is -0.341 e. The summed E-state index contributed by atoms with van der Waals surface area (Å²) in [5, 5.41) is 3.41. The van der Waals surface area contributed by atoms with Crippen LogP contribution in [0.4, 0.5) is 0 Å². The number of likely N-dealkylation sites (N-methyl/N-ethyl adjacent to an activating group) is 1. The Kier molecular flexibility index (Phi) is 4.99. The molecule has 3 heteroatoms. The zero-order valence-electron chi connectivity index (χ0n) is 12.0. The van der Waals surface area contributed by atoms with Gasteiger partial charge in [-0.2, -0.15) is 0 Å². The molecule has 0 aromatic carbocycles. The molecule has 1 fully saturated rings. The third kappa shape index (κ3) is 3.70. The lowest BCUT2D eigenvalue weighted by Gasteiger charge is -2.41. The molecule has 1 amide bonds. The number of nitrogens with zero attached hydrogens (tertiary/aromatic N) is 1. The highest BCUT2D eigenvalue weighted by molar-refractivity contribution is 5.83. The van der Waals surface area contributed by atoms with E-state index in [1.165, 1.54) is 6.42 Å². The van der Waals surface area contributed by atoms with Crippen LogP contribution < -0.4 is 5.32 Å². The largest absolute Gasteiger partial charge is 0.341 e. The van der Waals surface area contributed by atoms with Gasteiger partial charge in [0.05, 0.1) is 6.04 Å². The Balaban J connectivity index is 2.72. The first-order valence-corrected chi connectivity index (χ1v) is 6.90.